The molecule has 1 aromatic heterocycles. The summed E-state index contributed by atoms with van der Waals surface area (Å²) in [6, 6.07) is 3.87. The standard InChI is InChI=1S/C11H17N3O/c1-3-14(2)11(15)13-8-6-10-5-4-7-12-9-10/h4-5,7,9H,3,6,8H2,1-2H3,(H,13,15). The molecule has 0 fully saturated rings. The molecule has 1 aromatic rings. The van der Waals surface area contributed by atoms with Crippen molar-refractivity contribution in [2.45, 2.75) is 13.3 Å². The highest BCUT2D eigenvalue weighted by Gasteiger charge is 2.03. The second-order valence-corrected chi connectivity index (χ2v) is 3.36. The molecule has 0 bridgehead atoms. The van der Waals surface area contributed by atoms with Gasteiger partial charge in [-0.15, -0.1) is 0 Å². The molecule has 0 atom stereocenters. The van der Waals surface area contributed by atoms with Crippen molar-refractivity contribution < 1.29 is 4.79 Å². The first-order valence-corrected chi connectivity index (χ1v) is 5.12. The van der Waals surface area contributed by atoms with Crippen LogP contribution in [0.3, 0.4) is 0 Å². The maximum absolute atomic E-state index is 11.4. The number of rotatable bonds is 4. The van der Waals surface area contributed by atoms with E-state index in [4.69, 9.17) is 0 Å². The molecule has 0 spiro atoms. The summed E-state index contributed by atoms with van der Waals surface area (Å²) in [6.07, 6.45) is 4.37. The van der Waals surface area contributed by atoms with E-state index in [2.05, 4.69) is 10.3 Å². The number of aromatic nitrogens is 1. The summed E-state index contributed by atoms with van der Waals surface area (Å²) >= 11 is 0. The van der Waals surface area contributed by atoms with E-state index in [0.29, 0.717) is 6.54 Å². The van der Waals surface area contributed by atoms with Gasteiger partial charge < -0.3 is 10.2 Å². The number of pyridine rings is 1. The molecule has 0 saturated heterocycles. The van der Waals surface area contributed by atoms with Gasteiger partial charge in [0.05, 0.1) is 0 Å². The first-order chi connectivity index (χ1) is 7.24. The van der Waals surface area contributed by atoms with Gasteiger partial charge in [0.1, 0.15) is 0 Å². The average Bonchev–Trinajstić information content (AvgIpc) is 2.29. The van der Waals surface area contributed by atoms with E-state index in [1.807, 2.05) is 25.3 Å². The summed E-state index contributed by atoms with van der Waals surface area (Å²) < 4.78 is 0. The molecule has 0 aliphatic heterocycles. The van der Waals surface area contributed by atoms with Crippen LogP contribution in [0, 0.1) is 0 Å². The van der Waals surface area contributed by atoms with Crippen molar-refractivity contribution in [2.75, 3.05) is 20.1 Å². The number of carbonyl (C=O) groups excluding carboxylic acids is 1. The van der Waals surface area contributed by atoms with Gasteiger partial charge in [-0.25, -0.2) is 4.79 Å². The van der Waals surface area contributed by atoms with E-state index >= 15 is 0 Å². The summed E-state index contributed by atoms with van der Waals surface area (Å²) in [5.74, 6) is 0. The molecule has 0 radical (unpaired) electrons. The van der Waals surface area contributed by atoms with Gasteiger partial charge in [-0.3, -0.25) is 4.98 Å². The Morgan fingerprint density at radius 1 is 1.60 bits per heavy atom. The van der Waals surface area contributed by atoms with Gasteiger partial charge in [-0.05, 0) is 25.0 Å². The van der Waals surface area contributed by atoms with E-state index in [9.17, 15) is 4.79 Å². The van der Waals surface area contributed by atoms with Crippen molar-refractivity contribution in [3.05, 3.63) is 30.1 Å². The minimum atomic E-state index is -0.0265. The molecule has 82 valence electrons. The molecule has 0 aromatic carbocycles. The van der Waals surface area contributed by atoms with E-state index in [0.717, 1.165) is 18.5 Å². The third-order valence-corrected chi connectivity index (χ3v) is 2.23. The van der Waals surface area contributed by atoms with Crippen molar-refractivity contribution in [2.24, 2.45) is 0 Å². The zero-order valence-corrected chi connectivity index (χ0v) is 9.23. The highest BCUT2D eigenvalue weighted by Crippen LogP contribution is 1.95. The van der Waals surface area contributed by atoms with Crippen LogP contribution in [-0.2, 0) is 6.42 Å². The summed E-state index contributed by atoms with van der Waals surface area (Å²) in [6.45, 7) is 3.31. The Morgan fingerprint density at radius 3 is 3.00 bits per heavy atom. The molecule has 15 heavy (non-hydrogen) atoms. The lowest BCUT2D eigenvalue weighted by Crippen LogP contribution is -2.37. The van der Waals surface area contributed by atoms with Gasteiger partial charge in [0.15, 0.2) is 0 Å². The summed E-state index contributed by atoms with van der Waals surface area (Å²) in [5, 5.41) is 2.84. The lowest BCUT2D eigenvalue weighted by Gasteiger charge is -2.15. The molecule has 0 aliphatic rings. The van der Waals surface area contributed by atoms with Crippen LogP contribution >= 0.6 is 0 Å². The van der Waals surface area contributed by atoms with Gasteiger partial charge in [-0.2, -0.15) is 0 Å². The fourth-order valence-electron chi connectivity index (χ4n) is 1.14. The minimum absolute atomic E-state index is 0.0265. The molecule has 1 heterocycles. The van der Waals surface area contributed by atoms with E-state index < -0.39 is 0 Å². The Kier molecular flexibility index (Phi) is 4.60. The number of hydrogen-bond acceptors (Lipinski definition) is 2. The Labute approximate surface area is 90.3 Å². The molecular formula is C11H17N3O. The molecule has 0 aliphatic carbocycles. The van der Waals surface area contributed by atoms with Crippen LogP contribution in [-0.4, -0.2) is 36.1 Å². The van der Waals surface area contributed by atoms with Crippen LogP contribution in [0.5, 0.6) is 0 Å². The zero-order chi connectivity index (χ0) is 11.1. The zero-order valence-electron chi connectivity index (χ0n) is 9.23. The van der Waals surface area contributed by atoms with E-state index in [1.165, 1.54) is 0 Å². The average molecular weight is 207 g/mol. The molecule has 4 nitrogen and oxygen atoms in total. The van der Waals surface area contributed by atoms with Crippen molar-refractivity contribution in [3.63, 3.8) is 0 Å². The Morgan fingerprint density at radius 2 is 2.40 bits per heavy atom. The van der Waals surface area contributed by atoms with Crippen molar-refractivity contribution >= 4 is 6.03 Å². The second-order valence-electron chi connectivity index (χ2n) is 3.36. The van der Waals surface area contributed by atoms with Gasteiger partial charge in [0.25, 0.3) is 0 Å². The monoisotopic (exact) mass is 207 g/mol. The quantitative estimate of drug-likeness (QED) is 0.808. The Balaban J connectivity index is 2.25. The molecule has 1 rings (SSSR count). The van der Waals surface area contributed by atoms with Crippen LogP contribution < -0.4 is 5.32 Å². The molecule has 0 saturated carbocycles. The smallest absolute Gasteiger partial charge is 0.317 e. The number of nitrogens with zero attached hydrogens (tertiary/aromatic N) is 2. The van der Waals surface area contributed by atoms with E-state index in [-0.39, 0.29) is 6.03 Å². The van der Waals surface area contributed by atoms with Crippen molar-refractivity contribution in [1.82, 2.24) is 15.2 Å². The van der Waals surface area contributed by atoms with Crippen LogP contribution in [0.15, 0.2) is 24.5 Å². The number of carbonyl (C=O) groups is 1. The van der Waals surface area contributed by atoms with Gasteiger partial charge >= 0.3 is 6.03 Å². The van der Waals surface area contributed by atoms with Crippen LogP contribution in [0.1, 0.15) is 12.5 Å². The summed E-state index contributed by atoms with van der Waals surface area (Å²) in [7, 11) is 1.78. The summed E-state index contributed by atoms with van der Waals surface area (Å²) in [5.41, 5.74) is 1.14. The maximum atomic E-state index is 11.4. The molecule has 4 heteroatoms. The Hall–Kier alpha value is -1.58. The molecule has 2 amide bonds. The largest absolute Gasteiger partial charge is 0.338 e. The predicted molar refractivity (Wildman–Crippen MR) is 59.6 cm³/mol. The normalized spacial score (nSPS) is 9.73. The van der Waals surface area contributed by atoms with Crippen LogP contribution in [0.25, 0.3) is 0 Å². The third kappa shape index (κ3) is 3.97. The highest BCUT2D eigenvalue weighted by atomic mass is 16.2. The van der Waals surface area contributed by atoms with Crippen molar-refractivity contribution in [3.8, 4) is 0 Å². The fourth-order valence-corrected chi connectivity index (χ4v) is 1.14. The lowest BCUT2D eigenvalue weighted by atomic mass is 10.2. The lowest BCUT2D eigenvalue weighted by molar-refractivity contribution is 0.211. The van der Waals surface area contributed by atoms with Gasteiger partial charge in [0.2, 0.25) is 0 Å². The predicted octanol–water partition coefficient (Wildman–Crippen LogP) is 1.29. The maximum Gasteiger partial charge on any atom is 0.317 e. The molecule has 0 unspecified atom stereocenters. The number of amides is 2. The van der Waals surface area contributed by atoms with Gasteiger partial charge in [0, 0.05) is 32.5 Å². The molecule has 1 N–H and O–H groups in total. The number of urea groups is 1. The van der Waals surface area contributed by atoms with E-state index in [1.54, 1.807) is 18.1 Å². The van der Waals surface area contributed by atoms with Crippen molar-refractivity contribution in [1.29, 1.82) is 0 Å². The number of nitrogens with one attached hydrogen (secondary N) is 1. The number of hydrogen-bond donors (Lipinski definition) is 1. The first kappa shape index (κ1) is 11.5. The Bertz CT molecular complexity index is 300. The SMILES string of the molecule is CCN(C)C(=O)NCCc1cccnc1. The topological polar surface area (TPSA) is 45.2 Å². The minimum Gasteiger partial charge on any atom is -0.338 e. The molecular weight excluding hydrogens is 190 g/mol. The third-order valence-electron chi connectivity index (χ3n) is 2.23. The van der Waals surface area contributed by atoms with Gasteiger partial charge in [-0.1, -0.05) is 6.07 Å². The van der Waals surface area contributed by atoms with Crippen LogP contribution in [0.4, 0.5) is 4.79 Å². The highest BCUT2D eigenvalue weighted by molar-refractivity contribution is 5.73. The second kappa shape index (κ2) is 6.01. The first-order valence-electron chi connectivity index (χ1n) is 5.12. The summed E-state index contributed by atoms with van der Waals surface area (Å²) in [4.78, 5) is 17.0. The fraction of sp³-hybridized carbons (Fsp3) is 0.455. The van der Waals surface area contributed by atoms with Crippen LogP contribution in [0.2, 0.25) is 0 Å².